The molecule has 0 radical (unpaired) electrons. The van der Waals surface area contributed by atoms with Gasteiger partial charge in [-0.05, 0) is 19.3 Å². The summed E-state index contributed by atoms with van der Waals surface area (Å²) in [6.07, 6.45) is 5.73. The van der Waals surface area contributed by atoms with Crippen LogP contribution < -0.4 is 10.6 Å². The Bertz CT molecular complexity index is 689. The van der Waals surface area contributed by atoms with Gasteiger partial charge in [0.05, 0.1) is 11.5 Å². The summed E-state index contributed by atoms with van der Waals surface area (Å²) in [6.45, 7) is 5.91. The van der Waals surface area contributed by atoms with Crippen molar-refractivity contribution >= 4 is 31.5 Å². The van der Waals surface area contributed by atoms with E-state index in [0.29, 0.717) is 19.3 Å². The number of nitrogens with one attached hydrogen (secondary N) is 2. The van der Waals surface area contributed by atoms with Gasteiger partial charge in [-0.1, -0.05) is 52.9 Å². The van der Waals surface area contributed by atoms with Gasteiger partial charge in [-0.15, -0.1) is 0 Å². The summed E-state index contributed by atoms with van der Waals surface area (Å²) in [4.78, 5) is 24.1. The number of hydrogen-bond donors (Lipinski definition) is 2. The van der Waals surface area contributed by atoms with Crippen LogP contribution in [0.4, 0.5) is 0 Å². The van der Waals surface area contributed by atoms with Gasteiger partial charge in [0.25, 0.3) is 0 Å². The SMILES string of the molecule is CCCCCS(=O)(=O)CC(=O)NCC(CCC)NC(=O)CS(=O)(=O)CCCCC. The van der Waals surface area contributed by atoms with Crippen LogP contribution in [0.5, 0.6) is 0 Å². The van der Waals surface area contributed by atoms with E-state index in [-0.39, 0.29) is 18.1 Å². The van der Waals surface area contributed by atoms with Crippen molar-refractivity contribution in [3.8, 4) is 0 Å². The quantitative estimate of drug-likeness (QED) is 0.321. The van der Waals surface area contributed by atoms with E-state index >= 15 is 0 Å². The molecule has 172 valence electrons. The molecule has 0 aliphatic heterocycles. The highest BCUT2D eigenvalue weighted by Gasteiger charge is 2.21. The van der Waals surface area contributed by atoms with E-state index < -0.39 is 49.0 Å². The van der Waals surface area contributed by atoms with Crippen molar-refractivity contribution in [1.82, 2.24) is 10.6 Å². The molecule has 0 saturated heterocycles. The minimum Gasteiger partial charge on any atom is -0.353 e. The standard InChI is InChI=1S/C19H38N2O6S2/c1-4-7-9-12-28(24,25)15-18(22)20-14-17(11-6-3)21-19(23)16-29(26,27)13-10-8-5-2/h17H,4-16H2,1-3H3,(H,20,22)(H,21,23). The molecule has 0 aliphatic carbocycles. The van der Waals surface area contributed by atoms with Crippen LogP contribution in [0.1, 0.15) is 72.1 Å². The Morgan fingerprint density at radius 3 is 1.66 bits per heavy atom. The molecule has 0 fully saturated rings. The van der Waals surface area contributed by atoms with Crippen LogP contribution in [0, 0.1) is 0 Å². The van der Waals surface area contributed by atoms with E-state index in [2.05, 4.69) is 10.6 Å². The molecule has 2 N–H and O–H groups in total. The van der Waals surface area contributed by atoms with Crippen LogP contribution >= 0.6 is 0 Å². The number of amides is 2. The maximum atomic E-state index is 12.1. The fraction of sp³-hybridized carbons (Fsp3) is 0.895. The summed E-state index contributed by atoms with van der Waals surface area (Å²) < 4.78 is 47.8. The second-order valence-electron chi connectivity index (χ2n) is 7.46. The van der Waals surface area contributed by atoms with Crippen LogP contribution in [0.25, 0.3) is 0 Å². The molecule has 1 unspecified atom stereocenters. The molecule has 0 saturated carbocycles. The van der Waals surface area contributed by atoms with Gasteiger partial charge < -0.3 is 10.6 Å². The van der Waals surface area contributed by atoms with Gasteiger partial charge in [-0.2, -0.15) is 0 Å². The highest BCUT2D eigenvalue weighted by Crippen LogP contribution is 2.03. The summed E-state index contributed by atoms with van der Waals surface area (Å²) in [7, 11) is -6.91. The van der Waals surface area contributed by atoms with Crippen molar-refractivity contribution in [2.45, 2.75) is 78.2 Å². The Morgan fingerprint density at radius 2 is 1.21 bits per heavy atom. The Morgan fingerprint density at radius 1 is 0.724 bits per heavy atom. The van der Waals surface area contributed by atoms with Crippen molar-refractivity contribution in [3.05, 3.63) is 0 Å². The summed E-state index contributed by atoms with van der Waals surface area (Å²) in [6, 6.07) is -0.440. The first kappa shape index (κ1) is 27.8. The van der Waals surface area contributed by atoms with Crippen LogP contribution in [-0.2, 0) is 29.3 Å². The number of rotatable bonds is 17. The van der Waals surface area contributed by atoms with Crippen molar-refractivity contribution < 1.29 is 26.4 Å². The highest BCUT2D eigenvalue weighted by atomic mass is 32.2. The van der Waals surface area contributed by atoms with E-state index in [1.807, 2.05) is 20.8 Å². The maximum Gasteiger partial charge on any atom is 0.235 e. The number of unbranched alkanes of at least 4 members (excludes halogenated alkanes) is 4. The molecule has 2 amide bonds. The van der Waals surface area contributed by atoms with E-state index in [1.165, 1.54) is 0 Å². The van der Waals surface area contributed by atoms with Crippen molar-refractivity contribution in [2.75, 3.05) is 29.6 Å². The first-order valence-electron chi connectivity index (χ1n) is 10.5. The normalized spacial score (nSPS) is 13.1. The third-order valence-electron chi connectivity index (χ3n) is 4.37. The molecule has 0 heterocycles. The van der Waals surface area contributed by atoms with E-state index in [9.17, 15) is 26.4 Å². The van der Waals surface area contributed by atoms with Crippen LogP contribution in [0.15, 0.2) is 0 Å². The molecule has 0 aromatic heterocycles. The van der Waals surface area contributed by atoms with Gasteiger partial charge in [0.15, 0.2) is 19.7 Å². The van der Waals surface area contributed by atoms with E-state index in [0.717, 1.165) is 32.1 Å². The summed E-state index contributed by atoms with van der Waals surface area (Å²) in [5.74, 6) is -2.38. The lowest BCUT2D eigenvalue weighted by Gasteiger charge is -2.19. The molecule has 0 rings (SSSR count). The van der Waals surface area contributed by atoms with Gasteiger partial charge in [0.2, 0.25) is 11.8 Å². The Kier molecular flexibility index (Phi) is 14.2. The minimum absolute atomic E-state index is 0.0146. The fourth-order valence-electron chi connectivity index (χ4n) is 2.82. The Balaban J connectivity index is 4.53. The second-order valence-corrected chi connectivity index (χ2v) is 11.8. The van der Waals surface area contributed by atoms with Crippen molar-refractivity contribution in [3.63, 3.8) is 0 Å². The zero-order valence-electron chi connectivity index (χ0n) is 18.0. The number of carbonyl (C=O) groups excluding carboxylic acids is 2. The average Bonchev–Trinajstić information content (AvgIpc) is 2.59. The molecule has 0 spiro atoms. The van der Waals surface area contributed by atoms with E-state index in [4.69, 9.17) is 0 Å². The highest BCUT2D eigenvalue weighted by molar-refractivity contribution is 7.92. The summed E-state index contributed by atoms with van der Waals surface area (Å²) in [5.41, 5.74) is 0. The lowest BCUT2D eigenvalue weighted by atomic mass is 10.1. The molecular formula is C19H38N2O6S2. The zero-order chi connectivity index (χ0) is 22.3. The van der Waals surface area contributed by atoms with Gasteiger partial charge in [-0.3, -0.25) is 9.59 Å². The van der Waals surface area contributed by atoms with Crippen LogP contribution in [0.3, 0.4) is 0 Å². The molecule has 0 aliphatic rings. The summed E-state index contributed by atoms with van der Waals surface area (Å²) >= 11 is 0. The smallest absolute Gasteiger partial charge is 0.235 e. The first-order chi connectivity index (χ1) is 13.5. The van der Waals surface area contributed by atoms with Gasteiger partial charge in [0, 0.05) is 12.6 Å². The molecule has 8 nitrogen and oxygen atoms in total. The van der Waals surface area contributed by atoms with Crippen molar-refractivity contribution in [2.24, 2.45) is 0 Å². The maximum absolute atomic E-state index is 12.1. The zero-order valence-corrected chi connectivity index (χ0v) is 19.7. The lowest BCUT2D eigenvalue weighted by Crippen LogP contribution is -2.46. The van der Waals surface area contributed by atoms with Gasteiger partial charge in [0.1, 0.15) is 11.5 Å². The van der Waals surface area contributed by atoms with Crippen LogP contribution in [0.2, 0.25) is 0 Å². The Labute approximate surface area is 176 Å². The third kappa shape index (κ3) is 15.4. The Hall–Kier alpha value is -1.16. The number of carbonyl (C=O) groups is 2. The van der Waals surface area contributed by atoms with Gasteiger partial charge in [-0.25, -0.2) is 16.8 Å². The fourth-order valence-corrected chi connectivity index (χ4v) is 5.38. The molecule has 29 heavy (non-hydrogen) atoms. The predicted octanol–water partition coefficient (Wildman–Crippen LogP) is 1.60. The molecule has 0 aromatic carbocycles. The molecule has 1 atom stereocenters. The minimum atomic E-state index is -3.46. The van der Waals surface area contributed by atoms with Crippen LogP contribution in [-0.4, -0.2) is 64.2 Å². The topological polar surface area (TPSA) is 126 Å². The largest absolute Gasteiger partial charge is 0.353 e. The molecular weight excluding hydrogens is 416 g/mol. The lowest BCUT2D eigenvalue weighted by molar-refractivity contribution is -0.121. The van der Waals surface area contributed by atoms with Gasteiger partial charge >= 0.3 is 0 Å². The molecule has 0 bridgehead atoms. The number of sulfone groups is 2. The van der Waals surface area contributed by atoms with Crippen molar-refractivity contribution in [1.29, 1.82) is 0 Å². The monoisotopic (exact) mass is 454 g/mol. The first-order valence-corrected chi connectivity index (χ1v) is 14.2. The third-order valence-corrected chi connectivity index (χ3v) is 7.59. The second kappa shape index (κ2) is 14.8. The summed E-state index contributed by atoms with van der Waals surface area (Å²) in [5, 5.41) is 5.18. The van der Waals surface area contributed by atoms with E-state index in [1.54, 1.807) is 0 Å². The number of hydrogen-bond acceptors (Lipinski definition) is 6. The molecule has 10 heteroatoms. The average molecular weight is 455 g/mol. The predicted molar refractivity (Wildman–Crippen MR) is 116 cm³/mol. The molecule has 0 aromatic rings.